The maximum atomic E-state index is 13.7. The van der Waals surface area contributed by atoms with Gasteiger partial charge in [-0.3, -0.25) is 14.2 Å². The average Bonchev–Trinajstić information content (AvgIpc) is 2.87. The number of aryl methyl sites for hydroxylation is 1. The van der Waals surface area contributed by atoms with E-state index >= 15 is 0 Å². The lowest BCUT2D eigenvalue weighted by Crippen LogP contribution is -2.40. The molecule has 3 aromatic carbocycles. The number of hydrogen-bond donors (Lipinski definition) is 0. The molecule has 0 N–H and O–H groups in total. The first-order valence-corrected chi connectivity index (χ1v) is 12.0. The number of amides is 1. The Hall–Kier alpha value is -3.48. The molecule has 4 aromatic rings. The van der Waals surface area contributed by atoms with E-state index in [2.05, 4.69) is 0 Å². The molecule has 0 radical (unpaired) electrons. The van der Waals surface area contributed by atoms with Crippen LogP contribution in [0.4, 0.5) is 0 Å². The van der Waals surface area contributed by atoms with E-state index in [1.807, 2.05) is 56.3 Å². The molecule has 6 nitrogen and oxygen atoms in total. The van der Waals surface area contributed by atoms with Crippen LogP contribution in [0.1, 0.15) is 41.1 Å². The molecule has 35 heavy (non-hydrogen) atoms. The molecule has 0 aliphatic carbocycles. The summed E-state index contributed by atoms with van der Waals surface area (Å²) in [5.41, 5.74) is 2.73. The van der Waals surface area contributed by atoms with Crippen LogP contribution in [-0.4, -0.2) is 40.6 Å². The van der Waals surface area contributed by atoms with Crippen LogP contribution >= 0.6 is 11.6 Å². The summed E-state index contributed by atoms with van der Waals surface area (Å²) in [5, 5.41) is 1.08. The molecule has 4 rings (SSSR count). The molecule has 0 bridgehead atoms. The minimum atomic E-state index is -0.466. The fourth-order valence-electron chi connectivity index (χ4n) is 4.21. The quantitative estimate of drug-likeness (QED) is 0.324. The fourth-order valence-corrected chi connectivity index (χ4v) is 4.33. The van der Waals surface area contributed by atoms with Gasteiger partial charge in [-0.25, -0.2) is 4.98 Å². The number of aromatic nitrogens is 2. The van der Waals surface area contributed by atoms with Gasteiger partial charge in [0, 0.05) is 24.2 Å². The highest BCUT2D eigenvalue weighted by Gasteiger charge is 2.29. The zero-order valence-corrected chi connectivity index (χ0v) is 20.8. The Morgan fingerprint density at radius 3 is 2.40 bits per heavy atom. The lowest BCUT2D eigenvalue weighted by atomic mass is 10.1. The summed E-state index contributed by atoms with van der Waals surface area (Å²) >= 11 is 6.04. The summed E-state index contributed by atoms with van der Waals surface area (Å²) in [6.45, 7) is 4.67. The van der Waals surface area contributed by atoms with Gasteiger partial charge in [0.1, 0.15) is 5.82 Å². The van der Waals surface area contributed by atoms with E-state index in [-0.39, 0.29) is 11.5 Å². The topological polar surface area (TPSA) is 64.4 Å². The third kappa shape index (κ3) is 5.14. The van der Waals surface area contributed by atoms with Crippen molar-refractivity contribution in [1.29, 1.82) is 0 Å². The van der Waals surface area contributed by atoms with Gasteiger partial charge in [-0.05, 0) is 61.9 Å². The van der Waals surface area contributed by atoms with E-state index in [1.54, 1.807) is 46.9 Å². The minimum Gasteiger partial charge on any atom is -0.383 e. The molecule has 0 saturated carbocycles. The Kier molecular flexibility index (Phi) is 7.63. The van der Waals surface area contributed by atoms with Crippen molar-refractivity contribution < 1.29 is 9.53 Å². The van der Waals surface area contributed by atoms with Crippen LogP contribution in [0.3, 0.4) is 0 Å². The van der Waals surface area contributed by atoms with Crippen molar-refractivity contribution >= 4 is 28.4 Å². The number of methoxy groups -OCH3 is 1. The predicted molar refractivity (Wildman–Crippen MR) is 139 cm³/mol. The first-order chi connectivity index (χ1) is 16.9. The van der Waals surface area contributed by atoms with Crippen LogP contribution in [0.15, 0.2) is 77.6 Å². The maximum absolute atomic E-state index is 13.7. The maximum Gasteiger partial charge on any atom is 0.266 e. The lowest BCUT2D eigenvalue weighted by molar-refractivity contribution is 0.0579. The third-order valence-corrected chi connectivity index (χ3v) is 6.30. The third-order valence-electron chi connectivity index (χ3n) is 6.04. The number of benzene rings is 3. The molecule has 180 valence electrons. The first kappa shape index (κ1) is 24.6. The highest BCUT2D eigenvalue weighted by Crippen LogP contribution is 2.28. The lowest BCUT2D eigenvalue weighted by Gasteiger charge is -2.32. The largest absolute Gasteiger partial charge is 0.383 e. The number of carbonyl (C=O) groups is 1. The number of hydrogen-bond acceptors (Lipinski definition) is 4. The van der Waals surface area contributed by atoms with Crippen LogP contribution in [0.25, 0.3) is 16.6 Å². The minimum absolute atomic E-state index is 0.168. The molecule has 0 aliphatic heterocycles. The van der Waals surface area contributed by atoms with Gasteiger partial charge in [-0.2, -0.15) is 0 Å². The second kappa shape index (κ2) is 10.8. The van der Waals surface area contributed by atoms with Crippen molar-refractivity contribution in [1.82, 2.24) is 14.5 Å². The Balaban J connectivity index is 1.92. The first-order valence-electron chi connectivity index (χ1n) is 11.6. The SMILES string of the molecule is CCC(c1nc2ccccc2c(=O)n1-c1ccc(C)cc1)N(CCOC)C(=O)c1ccc(Cl)cc1. The molecule has 0 spiro atoms. The van der Waals surface area contributed by atoms with Gasteiger partial charge in [0.25, 0.3) is 11.5 Å². The summed E-state index contributed by atoms with van der Waals surface area (Å²) in [7, 11) is 1.60. The molecular formula is C28H28ClN3O3. The second-order valence-electron chi connectivity index (χ2n) is 8.39. The van der Waals surface area contributed by atoms with Gasteiger partial charge >= 0.3 is 0 Å². The molecule has 1 heterocycles. The average molecular weight is 490 g/mol. The zero-order chi connectivity index (χ0) is 24.9. The summed E-state index contributed by atoms with van der Waals surface area (Å²) < 4.78 is 6.96. The number of nitrogens with zero attached hydrogens (tertiary/aromatic N) is 3. The van der Waals surface area contributed by atoms with Crippen LogP contribution in [0.5, 0.6) is 0 Å². The van der Waals surface area contributed by atoms with Crippen LogP contribution in [0.2, 0.25) is 5.02 Å². The normalized spacial score (nSPS) is 12.0. The second-order valence-corrected chi connectivity index (χ2v) is 8.82. The highest BCUT2D eigenvalue weighted by molar-refractivity contribution is 6.30. The number of carbonyl (C=O) groups excluding carboxylic acids is 1. The van der Waals surface area contributed by atoms with E-state index in [1.165, 1.54) is 0 Å². The monoisotopic (exact) mass is 489 g/mol. The molecule has 0 aliphatic rings. The number of fused-ring (bicyclic) bond motifs is 1. The van der Waals surface area contributed by atoms with E-state index in [0.717, 1.165) is 5.56 Å². The van der Waals surface area contributed by atoms with Gasteiger partial charge in [-0.1, -0.05) is 48.4 Å². The van der Waals surface area contributed by atoms with Crippen molar-refractivity contribution in [2.75, 3.05) is 20.3 Å². The predicted octanol–water partition coefficient (Wildman–Crippen LogP) is 5.59. The number of para-hydroxylation sites is 1. The Labute approximate surface area is 209 Å². The molecular weight excluding hydrogens is 462 g/mol. The standard InChI is InChI=1S/C28H28ClN3O3/c1-4-25(31(17-18-35-3)27(33)20-11-13-21(29)14-12-20)26-30-24-8-6-5-7-23(24)28(34)32(26)22-15-9-19(2)10-16-22/h5-16,25H,4,17-18H2,1-3H3. The highest BCUT2D eigenvalue weighted by atomic mass is 35.5. The van der Waals surface area contributed by atoms with Crippen LogP contribution in [-0.2, 0) is 4.74 Å². The Morgan fingerprint density at radius 1 is 1.06 bits per heavy atom. The summed E-state index contributed by atoms with van der Waals surface area (Å²) in [5.74, 6) is 0.335. The van der Waals surface area contributed by atoms with Crippen molar-refractivity contribution in [3.63, 3.8) is 0 Å². The van der Waals surface area contributed by atoms with Crippen molar-refractivity contribution in [3.05, 3.63) is 105 Å². The number of rotatable bonds is 8. The van der Waals surface area contributed by atoms with Crippen molar-refractivity contribution in [2.24, 2.45) is 0 Å². The van der Waals surface area contributed by atoms with E-state index in [9.17, 15) is 9.59 Å². The van der Waals surface area contributed by atoms with Crippen molar-refractivity contribution in [2.45, 2.75) is 26.3 Å². The summed E-state index contributed by atoms with van der Waals surface area (Å²) in [6.07, 6.45) is 0.555. The molecule has 1 atom stereocenters. The molecule has 1 unspecified atom stereocenters. The fraction of sp³-hybridized carbons (Fsp3) is 0.250. The summed E-state index contributed by atoms with van der Waals surface area (Å²) in [4.78, 5) is 34.1. The smallest absolute Gasteiger partial charge is 0.266 e. The van der Waals surface area contributed by atoms with Gasteiger partial charge in [0.2, 0.25) is 0 Å². The zero-order valence-electron chi connectivity index (χ0n) is 20.1. The molecule has 1 aromatic heterocycles. The van der Waals surface area contributed by atoms with Gasteiger partial charge in [-0.15, -0.1) is 0 Å². The van der Waals surface area contributed by atoms with Gasteiger partial charge < -0.3 is 9.64 Å². The Morgan fingerprint density at radius 2 is 1.74 bits per heavy atom. The molecule has 0 fully saturated rings. The van der Waals surface area contributed by atoms with Gasteiger partial charge in [0.05, 0.1) is 29.2 Å². The number of ether oxygens (including phenoxy) is 1. The molecule has 1 amide bonds. The number of halogens is 1. The van der Waals surface area contributed by atoms with Gasteiger partial charge in [0.15, 0.2) is 0 Å². The van der Waals surface area contributed by atoms with E-state index < -0.39 is 6.04 Å². The van der Waals surface area contributed by atoms with E-state index in [4.69, 9.17) is 21.3 Å². The van der Waals surface area contributed by atoms with Crippen molar-refractivity contribution in [3.8, 4) is 5.69 Å². The van der Waals surface area contributed by atoms with Crippen LogP contribution in [0, 0.1) is 6.92 Å². The molecule has 7 heteroatoms. The molecule has 0 saturated heterocycles. The Bertz CT molecular complexity index is 1380. The summed E-state index contributed by atoms with van der Waals surface area (Å²) in [6, 6.07) is 21.4. The van der Waals surface area contributed by atoms with Crippen LogP contribution < -0.4 is 5.56 Å². The van der Waals surface area contributed by atoms with E-state index in [0.29, 0.717) is 52.6 Å².